The van der Waals surface area contributed by atoms with Crippen LogP contribution in [-0.4, -0.2) is 37.3 Å². The van der Waals surface area contributed by atoms with Crippen LogP contribution >= 0.6 is 23.4 Å². The molecule has 0 unspecified atom stereocenters. The minimum absolute atomic E-state index is 0.851. The number of hydrogen-bond acceptors (Lipinski definition) is 3. The van der Waals surface area contributed by atoms with Crippen LogP contribution in [0.15, 0.2) is 53.4 Å². The second kappa shape index (κ2) is 7.40. The van der Waals surface area contributed by atoms with Gasteiger partial charge in [-0.2, -0.15) is 0 Å². The molecule has 0 amide bonds. The lowest BCUT2D eigenvalue weighted by Crippen LogP contribution is -2.46. The molecule has 1 aliphatic heterocycles. The van der Waals surface area contributed by atoms with E-state index in [1.165, 1.54) is 10.5 Å². The molecule has 1 aliphatic rings. The van der Waals surface area contributed by atoms with Crippen molar-refractivity contribution in [2.45, 2.75) is 11.4 Å². The fraction of sp³-hybridized carbons (Fsp3) is 0.333. The van der Waals surface area contributed by atoms with Crippen LogP contribution in [-0.2, 0) is 6.54 Å². The zero-order valence-corrected chi connectivity index (χ0v) is 14.4. The number of anilines is 1. The lowest BCUT2D eigenvalue weighted by atomic mass is 10.2. The third-order valence-electron chi connectivity index (χ3n) is 4.13. The quantitative estimate of drug-likeness (QED) is 0.767. The predicted octanol–water partition coefficient (Wildman–Crippen LogP) is 4.38. The van der Waals surface area contributed by atoms with Crippen molar-refractivity contribution >= 4 is 29.1 Å². The zero-order chi connectivity index (χ0) is 15.4. The summed E-state index contributed by atoms with van der Waals surface area (Å²) in [5.41, 5.74) is 2.55. The molecule has 3 rings (SSSR count). The van der Waals surface area contributed by atoms with E-state index in [0.29, 0.717) is 0 Å². The number of hydrogen-bond donors (Lipinski definition) is 0. The summed E-state index contributed by atoms with van der Waals surface area (Å²) >= 11 is 8.09. The number of piperazine rings is 1. The summed E-state index contributed by atoms with van der Waals surface area (Å²) in [7, 11) is 0. The van der Waals surface area contributed by atoms with E-state index < -0.39 is 0 Å². The molecule has 0 saturated carbocycles. The third kappa shape index (κ3) is 3.78. The number of nitrogens with zero attached hydrogens (tertiary/aromatic N) is 2. The van der Waals surface area contributed by atoms with Crippen LogP contribution in [0.1, 0.15) is 5.56 Å². The largest absolute Gasteiger partial charge is 0.368 e. The standard InChI is InChI=1S/C18H21ClN2S/c1-22-16-8-6-15(7-9-16)14-20-10-12-21(13-11-20)18-5-3-2-4-17(18)19/h2-9H,10-14H2,1H3. The van der Waals surface area contributed by atoms with Gasteiger partial charge in [-0.05, 0) is 36.1 Å². The Morgan fingerprint density at radius 2 is 1.64 bits per heavy atom. The lowest BCUT2D eigenvalue weighted by molar-refractivity contribution is 0.250. The molecule has 0 radical (unpaired) electrons. The average Bonchev–Trinajstić information content (AvgIpc) is 2.57. The van der Waals surface area contributed by atoms with Gasteiger partial charge in [-0.3, -0.25) is 4.90 Å². The van der Waals surface area contributed by atoms with Crippen molar-refractivity contribution in [2.24, 2.45) is 0 Å². The Kier molecular flexibility index (Phi) is 5.29. The number of para-hydroxylation sites is 1. The number of rotatable bonds is 4. The van der Waals surface area contributed by atoms with Crippen LogP contribution in [0.4, 0.5) is 5.69 Å². The van der Waals surface area contributed by atoms with E-state index in [2.05, 4.69) is 52.5 Å². The molecule has 0 spiro atoms. The van der Waals surface area contributed by atoms with Crippen molar-refractivity contribution in [2.75, 3.05) is 37.3 Å². The van der Waals surface area contributed by atoms with Crippen molar-refractivity contribution < 1.29 is 0 Å². The van der Waals surface area contributed by atoms with Crippen LogP contribution < -0.4 is 4.90 Å². The van der Waals surface area contributed by atoms with E-state index in [4.69, 9.17) is 11.6 Å². The molecule has 0 aromatic heterocycles. The van der Waals surface area contributed by atoms with Crippen molar-refractivity contribution in [1.82, 2.24) is 4.90 Å². The molecule has 0 aliphatic carbocycles. The van der Waals surface area contributed by atoms with Gasteiger partial charge < -0.3 is 4.90 Å². The van der Waals surface area contributed by atoms with E-state index in [-0.39, 0.29) is 0 Å². The SMILES string of the molecule is CSc1ccc(CN2CCN(c3ccccc3Cl)CC2)cc1. The Bertz CT molecular complexity index is 607. The van der Waals surface area contributed by atoms with Crippen molar-refractivity contribution in [1.29, 1.82) is 0 Å². The van der Waals surface area contributed by atoms with Crippen molar-refractivity contribution in [3.8, 4) is 0 Å². The van der Waals surface area contributed by atoms with Crippen LogP contribution in [0.5, 0.6) is 0 Å². The first-order valence-corrected chi connectivity index (χ1v) is 9.21. The smallest absolute Gasteiger partial charge is 0.0639 e. The highest BCUT2D eigenvalue weighted by molar-refractivity contribution is 7.98. The van der Waals surface area contributed by atoms with Crippen LogP contribution in [0, 0.1) is 0 Å². The fourth-order valence-electron chi connectivity index (χ4n) is 2.84. The third-order valence-corrected chi connectivity index (χ3v) is 5.19. The van der Waals surface area contributed by atoms with Gasteiger partial charge in [0.05, 0.1) is 10.7 Å². The predicted molar refractivity (Wildman–Crippen MR) is 97.2 cm³/mol. The fourth-order valence-corrected chi connectivity index (χ4v) is 3.51. The van der Waals surface area contributed by atoms with Crippen molar-refractivity contribution in [3.05, 3.63) is 59.1 Å². The Balaban J connectivity index is 1.56. The number of thioether (sulfide) groups is 1. The Morgan fingerprint density at radius 3 is 2.27 bits per heavy atom. The van der Waals surface area contributed by atoms with Crippen LogP contribution in [0.25, 0.3) is 0 Å². The summed E-state index contributed by atoms with van der Waals surface area (Å²) in [4.78, 5) is 6.23. The highest BCUT2D eigenvalue weighted by atomic mass is 35.5. The topological polar surface area (TPSA) is 6.48 Å². The van der Waals surface area contributed by atoms with Gasteiger partial charge in [-0.1, -0.05) is 35.9 Å². The molecule has 1 heterocycles. The first kappa shape index (κ1) is 15.7. The second-order valence-electron chi connectivity index (χ2n) is 5.56. The molecule has 0 atom stereocenters. The summed E-state index contributed by atoms with van der Waals surface area (Å²) in [6.45, 7) is 5.26. The van der Waals surface area contributed by atoms with Crippen molar-refractivity contribution in [3.63, 3.8) is 0 Å². The molecule has 1 saturated heterocycles. The molecule has 1 fully saturated rings. The molecule has 0 bridgehead atoms. The molecule has 116 valence electrons. The van der Waals surface area contributed by atoms with E-state index >= 15 is 0 Å². The van der Waals surface area contributed by atoms with Gasteiger partial charge in [0.2, 0.25) is 0 Å². The van der Waals surface area contributed by atoms with Gasteiger partial charge in [0.1, 0.15) is 0 Å². The molecule has 2 nitrogen and oxygen atoms in total. The van der Waals surface area contributed by atoms with Gasteiger partial charge in [0, 0.05) is 37.6 Å². The molecule has 22 heavy (non-hydrogen) atoms. The normalized spacial score (nSPS) is 16.0. The maximum absolute atomic E-state index is 6.30. The summed E-state index contributed by atoms with van der Waals surface area (Å²) < 4.78 is 0. The molecule has 0 N–H and O–H groups in total. The molecule has 2 aromatic carbocycles. The second-order valence-corrected chi connectivity index (χ2v) is 6.85. The number of halogens is 1. The van der Waals surface area contributed by atoms with Gasteiger partial charge in [-0.25, -0.2) is 0 Å². The average molecular weight is 333 g/mol. The molecular weight excluding hydrogens is 312 g/mol. The van der Waals surface area contributed by atoms with Gasteiger partial charge in [-0.15, -0.1) is 11.8 Å². The summed E-state index contributed by atoms with van der Waals surface area (Å²) in [6, 6.07) is 17.0. The Hall–Kier alpha value is -1.16. The van der Waals surface area contributed by atoms with Gasteiger partial charge in [0.15, 0.2) is 0 Å². The molecule has 4 heteroatoms. The van der Waals surface area contributed by atoms with E-state index in [1.807, 2.05) is 12.1 Å². The maximum Gasteiger partial charge on any atom is 0.0639 e. The van der Waals surface area contributed by atoms with Gasteiger partial charge in [0.25, 0.3) is 0 Å². The molecule has 2 aromatic rings. The summed E-state index contributed by atoms with van der Waals surface area (Å²) in [5, 5.41) is 0.851. The molecular formula is C18H21ClN2S. The van der Waals surface area contributed by atoms with E-state index in [1.54, 1.807) is 11.8 Å². The summed E-state index contributed by atoms with van der Waals surface area (Å²) in [5.74, 6) is 0. The Labute approximate surface area is 142 Å². The first-order chi connectivity index (χ1) is 10.8. The van der Waals surface area contributed by atoms with E-state index in [9.17, 15) is 0 Å². The highest BCUT2D eigenvalue weighted by Crippen LogP contribution is 2.26. The number of benzene rings is 2. The lowest BCUT2D eigenvalue weighted by Gasteiger charge is -2.36. The zero-order valence-electron chi connectivity index (χ0n) is 12.8. The van der Waals surface area contributed by atoms with Gasteiger partial charge >= 0.3 is 0 Å². The summed E-state index contributed by atoms with van der Waals surface area (Å²) in [6.07, 6.45) is 2.11. The monoisotopic (exact) mass is 332 g/mol. The first-order valence-electron chi connectivity index (χ1n) is 7.61. The Morgan fingerprint density at radius 1 is 0.955 bits per heavy atom. The highest BCUT2D eigenvalue weighted by Gasteiger charge is 2.18. The minimum Gasteiger partial charge on any atom is -0.368 e. The van der Waals surface area contributed by atoms with Crippen LogP contribution in [0.3, 0.4) is 0 Å². The minimum atomic E-state index is 0.851. The maximum atomic E-state index is 6.30. The van der Waals surface area contributed by atoms with E-state index in [0.717, 1.165) is 43.4 Å². The van der Waals surface area contributed by atoms with Crippen LogP contribution in [0.2, 0.25) is 5.02 Å².